The van der Waals surface area contributed by atoms with Crippen molar-refractivity contribution in [3.8, 4) is 0 Å². The summed E-state index contributed by atoms with van der Waals surface area (Å²) >= 11 is 0. The molecule has 0 radical (unpaired) electrons. The number of carbonyl (C=O) groups is 1. The average molecular weight is 320 g/mol. The van der Waals surface area contributed by atoms with Gasteiger partial charge in [0.25, 0.3) is 0 Å². The summed E-state index contributed by atoms with van der Waals surface area (Å²) in [6.45, 7) is 2.90. The van der Waals surface area contributed by atoms with E-state index >= 15 is 0 Å². The SMILES string of the molecule is CN1CCC(c2ccccc2)c2ccc(N3CCCC3=O)cc2C1. The molecule has 24 heavy (non-hydrogen) atoms. The van der Waals surface area contributed by atoms with Crippen LogP contribution in [0.5, 0.6) is 0 Å². The van der Waals surface area contributed by atoms with Crippen LogP contribution in [0.15, 0.2) is 48.5 Å². The molecule has 0 spiro atoms. The molecule has 1 amide bonds. The van der Waals surface area contributed by atoms with Gasteiger partial charge in [0, 0.05) is 31.1 Å². The van der Waals surface area contributed by atoms with Gasteiger partial charge in [-0.3, -0.25) is 4.79 Å². The van der Waals surface area contributed by atoms with Crippen LogP contribution >= 0.6 is 0 Å². The van der Waals surface area contributed by atoms with Gasteiger partial charge in [-0.1, -0.05) is 36.4 Å². The van der Waals surface area contributed by atoms with Crippen molar-refractivity contribution in [1.82, 2.24) is 4.90 Å². The Labute approximate surface area is 143 Å². The first-order valence-electron chi connectivity index (χ1n) is 8.89. The number of rotatable bonds is 2. The molecule has 124 valence electrons. The molecule has 0 aromatic heterocycles. The fraction of sp³-hybridized carbons (Fsp3) is 0.381. The molecule has 1 saturated heterocycles. The van der Waals surface area contributed by atoms with Crippen molar-refractivity contribution in [3.63, 3.8) is 0 Å². The van der Waals surface area contributed by atoms with E-state index in [0.717, 1.165) is 38.2 Å². The highest BCUT2D eigenvalue weighted by molar-refractivity contribution is 5.95. The van der Waals surface area contributed by atoms with Gasteiger partial charge in [0.2, 0.25) is 5.91 Å². The number of amides is 1. The maximum atomic E-state index is 12.1. The molecule has 3 nitrogen and oxygen atoms in total. The summed E-state index contributed by atoms with van der Waals surface area (Å²) in [5.41, 5.74) is 5.24. The Morgan fingerprint density at radius 1 is 1.04 bits per heavy atom. The molecule has 0 saturated carbocycles. The molecule has 2 aromatic carbocycles. The number of hydrogen-bond donors (Lipinski definition) is 0. The monoisotopic (exact) mass is 320 g/mol. The molecule has 1 unspecified atom stereocenters. The largest absolute Gasteiger partial charge is 0.312 e. The third-order valence-corrected chi connectivity index (χ3v) is 5.33. The highest BCUT2D eigenvalue weighted by Crippen LogP contribution is 2.36. The second kappa shape index (κ2) is 6.40. The number of anilines is 1. The Balaban J connectivity index is 1.74. The topological polar surface area (TPSA) is 23.6 Å². The molecule has 0 aliphatic carbocycles. The first-order valence-corrected chi connectivity index (χ1v) is 8.89. The lowest BCUT2D eigenvalue weighted by atomic mass is 9.86. The van der Waals surface area contributed by atoms with Crippen LogP contribution in [0.3, 0.4) is 0 Å². The Morgan fingerprint density at radius 2 is 1.88 bits per heavy atom. The van der Waals surface area contributed by atoms with E-state index in [9.17, 15) is 4.79 Å². The summed E-state index contributed by atoms with van der Waals surface area (Å²) < 4.78 is 0. The van der Waals surface area contributed by atoms with Gasteiger partial charge in [-0.25, -0.2) is 0 Å². The molecular weight excluding hydrogens is 296 g/mol. The van der Waals surface area contributed by atoms with Crippen LogP contribution in [-0.2, 0) is 11.3 Å². The average Bonchev–Trinajstić information content (AvgIpc) is 2.95. The Kier molecular flexibility index (Phi) is 4.11. The molecule has 2 heterocycles. The standard InChI is InChI=1S/C21H24N2O/c1-22-13-11-20(16-6-3-2-4-7-16)19-10-9-18(14-17(19)15-22)23-12-5-8-21(23)24/h2-4,6-7,9-10,14,20H,5,8,11-13,15H2,1H3. The lowest BCUT2D eigenvalue weighted by Crippen LogP contribution is -2.24. The smallest absolute Gasteiger partial charge is 0.227 e. The fourth-order valence-electron chi connectivity index (χ4n) is 4.06. The zero-order valence-electron chi connectivity index (χ0n) is 14.2. The summed E-state index contributed by atoms with van der Waals surface area (Å²) in [4.78, 5) is 16.4. The maximum absolute atomic E-state index is 12.1. The van der Waals surface area contributed by atoms with Crippen molar-refractivity contribution in [2.24, 2.45) is 0 Å². The molecule has 1 fully saturated rings. The van der Waals surface area contributed by atoms with Gasteiger partial charge in [-0.05, 0) is 55.3 Å². The summed E-state index contributed by atoms with van der Waals surface area (Å²) in [7, 11) is 2.19. The van der Waals surface area contributed by atoms with E-state index < -0.39 is 0 Å². The summed E-state index contributed by atoms with van der Waals surface area (Å²) in [6.07, 6.45) is 2.79. The molecule has 3 heteroatoms. The minimum Gasteiger partial charge on any atom is -0.312 e. The summed E-state index contributed by atoms with van der Waals surface area (Å²) in [5.74, 6) is 0.700. The van der Waals surface area contributed by atoms with Gasteiger partial charge >= 0.3 is 0 Å². The van der Waals surface area contributed by atoms with Crippen LogP contribution in [0.1, 0.15) is 41.9 Å². The third kappa shape index (κ3) is 2.84. The van der Waals surface area contributed by atoms with Gasteiger partial charge in [0.05, 0.1) is 0 Å². The van der Waals surface area contributed by atoms with Crippen molar-refractivity contribution in [2.75, 3.05) is 25.0 Å². The maximum Gasteiger partial charge on any atom is 0.227 e. The van der Waals surface area contributed by atoms with Crippen LogP contribution in [-0.4, -0.2) is 30.9 Å². The highest BCUT2D eigenvalue weighted by atomic mass is 16.2. The van der Waals surface area contributed by atoms with Crippen molar-refractivity contribution < 1.29 is 4.79 Å². The van der Waals surface area contributed by atoms with E-state index in [2.05, 4.69) is 60.5 Å². The third-order valence-electron chi connectivity index (χ3n) is 5.33. The highest BCUT2D eigenvalue weighted by Gasteiger charge is 2.26. The minimum atomic E-state index is 0.261. The van der Waals surface area contributed by atoms with Crippen molar-refractivity contribution in [1.29, 1.82) is 0 Å². The van der Waals surface area contributed by atoms with Crippen LogP contribution < -0.4 is 4.90 Å². The Morgan fingerprint density at radius 3 is 2.62 bits per heavy atom. The van der Waals surface area contributed by atoms with Crippen LogP contribution in [0.4, 0.5) is 5.69 Å². The van der Waals surface area contributed by atoms with Gasteiger partial charge < -0.3 is 9.80 Å². The van der Waals surface area contributed by atoms with Crippen molar-refractivity contribution >= 4 is 11.6 Å². The molecule has 2 aliphatic heterocycles. The fourth-order valence-corrected chi connectivity index (χ4v) is 4.06. The van der Waals surface area contributed by atoms with E-state index in [1.165, 1.54) is 16.7 Å². The van der Waals surface area contributed by atoms with E-state index in [-0.39, 0.29) is 5.91 Å². The van der Waals surface area contributed by atoms with Crippen LogP contribution in [0, 0.1) is 0 Å². The zero-order chi connectivity index (χ0) is 16.5. The minimum absolute atomic E-state index is 0.261. The molecule has 2 aliphatic rings. The second-order valence-corrected chi connectivity index (χ2v) is 7.02. The summed E-state index contributed by atoms with van der Waals surface area (Å²) in [5, 5.41) is 0. The van der Waals surface area contributed by atoms with E-state index in [4.69, 9.17) is 0 Å². The molecule has 0 bridgehead atoms. The number of benzene rings is 2. The predicted molar refractivity (Wildman–Crippen MR) is 97.3 cm³/mol. The first-order chi connectivity index (χ1) is 11.7. The quantitative estimate of drug-likeness (QED) is 0.841. The Bertz CT molecular complexity index is 741. The van der Waals surface area contributed by atoms with E-state index in [0.29, 0.717) is 12.3 Å². The van der Waals surface area contributed by atoms with Crippen molar-refractivity contribution in [3.05, 3.63) is 65.2 Å². The van der Waals surface area contributed by atoms with Crippen LogP contribution in [0.2, 0.25) is 0 Å². The number of nitrogens with zero attached hydrogens (tertiary/aromatic N) is 2. The number of hydrogen-bond acceptors (Lipinski definition) is 2. The molecule has 2 aromatic rings. The van der Waals surface area contributed by atoms with Gasteiger partial charge in [-0.15, -0.1) is 0 Å². The first kappa shape index (κ1) is 15.4. The normalized spacial score (nSPS) is 21.6. The molecule has 4 rings (SSSR count). The molecule has 1 atom stereocenters. The lowest BCUT2D eigenvalue weighted by Gasteiger charge is -2.21. The van der Waals surface area contributed by atoms with Crippen LogP contribution in [0.25, 0.3) is 0 Å². The van der Waals surface area contributed by atoms with E-state index in [1.54, 1.807) is 0 Å². The predicted octanol–water partition coefficient (Wildman–Crippen LogP) is 3.78. The second-order valence-electron chi connectivity index (χ2n) is 7.02. The van der Waals surface area contributed by atoms with Crippen molar-refractivity contribution in [2.45, 2.75) is 31.7 Å². The zero-order valence-corrected chi connectivity index (χ0v) is 14.2. The molecular formula is C21H24N2O. The van der Waals surface area contributed by atoms with Gasteiger partial charge in [0.15, 0.2) is 0 Å². The van der Waals surface area contributed by atoms with Gasteiger partial charge in [-0.2, -0.15) is 0 Å². The summed E-state index contributed by atoms with van der Waals surface area (Å²) in [6, 6.07) is 17.4. The van der Waals surface area contributed by atoms with Gasteiger partial charge in [0.1, 0.15) is 0 Å². The number of carbonyl (C=O) groups excluding carboxylic acids is 1. The molecule has 0 N–H and O–H groups in total. The lowest BCUT2D eigenvalue weighted by molar-refractivity contribution is -0.117. The Hall–Kier alpha value is -2.13. The number of fused-ring (bicyclic) bond motifs is 1. The van der Waals surface area contributed by atoms with E-state index in [1.807, 2.05) is 4.90 Å².